The first kappa shape index (κ1) is 7.57. The highest BCUT2D eigenvalue weighted by Crippen LogP contribution is 2.42. The molecule has 3 rings (SSSR count). The van der Waals surface area contributed by atoms with Gasteiger partial charge < -0.3 is 5.32 Å². The minimum atomic E-state index is 0.894. The number of nitrogens with one attached hydrogen (secondary N) is 1. The smallest absolute Gasteiger partial charge is 0.0212 e. The summed E-state index contributed by atoms with van der Waals surface area (Å²) in [5.74, 6) is 0.894. The van der Waals surface area contributed by atoms with Gasteiger partial charge in [0.25, 0.3) is 0 Å². The van der Waals surface area contributed by atoms with Gasteiger partial charge >= 0.3 is 0 Å². The number of rotatable bonds is 1. The van der Waals surface area contributed by atoms with Crippen molar-refractivity contribution >= 4 is 0 Å². The average Bonchev–Trinajstić information content (AvgIpc) is 2.85. The van der Waals surface area contributed by atoms with Crippen molar-refractivity contribution in [2.45, 2.75) is 38.8 Å². The van der Waals surface area contributed by atoms with Crippen molar-refractivity contribution < 1.29 is 0 Å². The molecule has 1 saturated carbocycles. The third-order valence-electron chi connectivity index (χ3n) is 3.24. The number of hydrogen-bond acceptors (Lipinski definition) is 1. The topological polar surface area (TPSA) is 12.0 Å². The lowest BCUT2D eigenvalue weighted by molar-refractivity contribution is 0.764. The zero-order chi connectivity index (χ0) is 8.84. The van der Waals surface area contributed by atoms with Gasteiger partial charge in [-0.05, 0) is 47.9 Å². The van der Waals surface area contributed by atoms with Gasteiger partial charge in [0.15, 0.2) is 0 Å². The summed E-state index contributed by atoms with van der Waals surface area (Å²) in [6.45, 7) is 4.41. The Balaban J connectivity index is 2.10. The molecule has 0 bridgehead atoms. The number of hydrogen-bond donors (Lipinski definition) is 1. The van der Waals surface area contributed by atoms with Gasteiger partial charge in [0, 0.05) is 13.1 Å². The molecule has 1 aliphatic heterocycles. The number of fused-ring (bicyclic) bond motifs is 1. The van der Waals surface area contributed by atoms with Crippen molar-refractivity contribution in [3.8, 4) is 0 Å². The first-order valence-electron chi connectivity index (χ1n) is 5.17. The molecule has 1 fully saturated rings. The number of benzene rings is 1. The van der Waals surface area contributed by atoms with E-state index in [2.05, 4.69) is 24.4 Å². The minimum absolute atomic E-state index is 0.894. The standard InChI is InChI=1S/C12H15N/c1-8-4-10-6-13-7-11(10)5-12(8)9-2-3-9/h4-5,9,13H,2-3,6-7H2,1H3. The Kier molecular flexibility index (Phi) is 1.50. The van der Waals surface area contributed by atoms with Crippen molar-refractivity contribution in [3.05, 3.63) is 34.4 Å². The molecule has 0 aromatic heterocycles. The predicted molar refractivity (Wildman–Crippen MR) is 53.7 cm³/mol. The largest absolute Gasteiger partial charge is 0.309 e. The van der Waals surface area contributed by atoms with Crippen LogP contribution >= 0.6 is 0 Å². The van der Waals surface area contributed by atoms with Crippen molar-refractivity contribution in [2.75, 3.05) is 0 Å². The van der Waals surface area contributed by atoms with Crippen LogP contribution < -0.4 is 5.32 Å². The molecule has 0 saturated heterocycles. The van der Waals surface area contributed by atoms with Crippen LogP contribution in [0.3, 0.4) is 0 Å². The molecule has 0 amide bonds. The Morgan fingerprint density at radius 2 is 1.85 bits per heavy atom. The third kappa shape index (κ3) is 1.19. The average molecular weight is 173 g/mol. The monoisotopic (exact) mass is 173 g/mol. The van der Waals surface area contributed by atoms with Gasteiger partial charge in [0.05, 0.1) is 0 Å². The SMILES string of the molecule is Cc1cc2c(cc1C1CC1)CNC2. The maximum Gasteiger partial charge on any atom is 0.0212 e. The van der Waals surface area contributed by atoms with Gasteiger partial charge in [0.2, 0.25) is 0 Å². The Bertz CT molecular complexity index is 350. The Labute approximate surface area is 79.2 Å². The second-order valence-electron chi connectivity index (χ2n) is 4.36. The van der Waals surface area contributed by atoms with Crippen molar-refractivity contribution in [1.82, 2.24) is 5.32 Å². The van der Waals surface area contributed by atoms with Crippen LogP contribution in [0.1, 0.15) is 41.0 Å². The fourth-order valence-corrected chi connectivity index (χ4v) is 2.33. The van der Waals surface area contributed by atoms with E-state index in [1.807, 2.05) is 0 Å². The number of aryl methyl sites for hydroxylation is 1. The quantitative estimate of drug-likeness (QED) is 0.688. The summed E-state index contributed by atoms with van der Waals surface area (Å²) in [5.41, 5.74) is 6.17. The fraction of sp³-hybridized carbons (Fsp3) is 0.500. The van der Waals surface area contributed by atoms with Crippen molar-refractivity contribution in [1.29, 1.82) is 0 Å². The normalized spacial score (nSPS) is 20.4. The summed E-state index contributed by atoms with van der Waals surface area (Å²) >= 11 is 0. The summed E-state index contributed by atoms with van der Waals surface area (Å²) < 4.78 is 0. The van der Waals surface area contributed by atoms with Gasteiger partial charge in [-0.3, -0.25) is 0 Å². The van der Waals surface area contributed by atoms with E-state index in [4.69, 9.17) is 0 Å². The highest BCUT2D eigenvalue weighted by atomic mass is 14.9. The molecule has 68 valence electrons. The molecule has 1 aromatic carbocycles. The van der Waals surface area contributed by atoms with E-state index in [9.17, 15) is 0 Å². The summed E-state index contributed by atoms with van der Waals surface area (Å²) in [6.07, 6.45) is 2.82. The van der Waals surface area contributed by atoms with Gasteiger partial charge in [-0.2, -0.15) is 0 Å². The van der Waals surface area contributed by atoms with Crippen LogP contribution in [0.4, 0.5) is 0 Å². The summed E-state index contributed by atoms with van der Waals surface area (Å²) in [7, 11) is 0. The second kappa shape index (κ2) is 2.58. The van der Waals surface area contributed by atoms with E-state index in [0.29, 0.717) is 0 Å². The molecule has 2 aliphatic rings. The van der Waals surface area contributed by atoms with Crippen molar-refractivity contribution in [3.63, 3.8) is 0 Å². The van der Waals surface area contributed by atoms with Gasteiger partial charge in [-0.25, -0.2) is 0 Å². The van der Waals surface area contributed by atoms with Crippen molar-refractivity contribution in [2.24, 2.45) is 0 Å². The zero-order valence-electron chi connectivity index (χ0n) is 8.06. The maximum atomic E-state index is 3.40. The molecule has 0 radical (unpaired) electrons. The molecule has 0 atom stereocenters. The van der Waals surface area contributed by atoms with E-state index >= 15 is 0 Å². The molecule has 1 heterocycles. The lowest BCUT2D eigenvalue weighted by atomic mass is 9.98. The molecule has 1 heteroatoms. The van der Waals surface area contributed by atoms with E-state index in [1.54, 1.807) is 5.56 Å². The fourth-order valence-electron chi connectivity index (χ4n) is 2.33. The molecule has 1 aromatic rings. The van der Waals surface area contributed by atoms with E-state index < -0.39 is 0 Å². The summed E-state index contributed by atoms with van der Waals surface area (Å²) in [6, 6.07) is 4.81. The summed E-state index contributed by atoms with van der Waals surface area (Å²) in [5, 5.41) is 3.40. The molecule has 1 aliphatic carbocycles. The Morgan fingerprint density at radius 1 is 1.15 bits per heavy atom. The third-order valence-corrected chi connectivity index (χ3v) is 3.24. The van der Waals surface area contributed by atoms with Crippen LogP contribution in [0.5, 0.6) is 0 Å². The van der Waals surface area contributed by atoms with E-state index in [-0.39, 0.29) is 0 Å². The van der Waals surface area contributed by atoms with Gasteiger partial charge in [0.1, 0.15) is 0 Å². The molecule has 0 unspecified atom stereocenters. The zero-order valence-corrected chi connectivity index (χ0v) is 8.06. The van der Waals surface area contributed by atoms with Crippen LogP contribution in [-0.2, 0) is 13.1 Å². The van der Waals surface area contributed by atoms with Gasteiger partial charge in [-0.1, -0.05) is 12.1 Å². The molecule has 0 spiro atoms. The van der Waals surface area contributed by atoms with Crippen LogP contribution in [0, 0.1) is 6.92 Å². The van der Waals surface area contributed by atoms with E-state index in [0.717, 1.165) is 19.0 Å². The molecular formula is C12H15N. The first-order valence-corrected chi connectivity index (χ1v) is 5.17. The molecule has 1 N–H and O–H groups in total. The predicted octanol–water partition coefficient (Wildman–Crippen LogP) is 2.48. The van der Waals surface area contributed by atoms with Gasteiger partial charge in [-0.15, -0.1) is 0 Å². The van der Waals surface area contributed by atoms with Crippen LogP contribution in [0.2, 0.25) is 0 Å². The lowest BCUT2D eigenvalue weighted by Crippen LogP contribution is -1.99. The summed E-state index contributed by atoms with van der Waals surface area (Å²) in [4.78, 5) is 0. The minimum Gasteiger partial charge on any atom is -0.309 e. The highest BCUT2D eigenvalue weighted by molar-refractivity contribution is 5.42. The molecule has 13 heavy (non-hydrogen) atoms. The van der Waals surface area contributed by atoms with Crippen LogP contribution in [0.25, 0.3) is 0 Å². The van der Waals surface area contributed by atoms with Crippen LogP contribution in [-0.4, -0.2) is 0 Å². The van der Waals surface area contributed by atoms with Crippen LogP contribution in [0.15, 0.2) is 12.1 Å². The first-order chi connectivity index (χ1) is 6.34. The maximum absolute atomic E-state index is 3.40. The lowest BCUT2D eigenvalue weighted by Gasteiger charge is -2.07. The van der Waals surface area contributed by atoms with E-state index in [1.165, 1.54) is 29.5 Å². The Hall–Kier alpha value is -0.820. The Morgan fingerprint density at radius 3 is 2.54 bits per heavy atom. The second-order valence-corrected chi connectivity index (χ2v) is 4.36. The molecular weight excluding hydrogens is 158 g/mol. The molecule has 1 nitrogen and oxygen atoms in total. The highest BCUT2D eigenvalue weighted by Gasteiger charge is 2.26.